The van der Waals surface area contributed by atoms with Crippen LogP contribution in [0.3, 0.4) is 0 Å². The third-order valence-electron chi connectivity index (χ3n) is 1.000. The van der Waals surface area contributed by atoms with E-state index in [1.54, 1.807) is 0 Å². The number of allylic oxidation sites excluding steroid dienone is 7. The molecule has 2 heteroatoms. The molecule has 62 valence electrons. The molecule has 0 aromatic rings. The second-order valence-electron chi connectivity index (χ2n) is 1.95. The molecule has 0 aliphatic carbocycles. The van der Waals surface area contributed by atoms with Gasteiger partial charge in [-0.25, -0.2) is 0 Å². The molecule has 12 heavy (non-hydrogen) atoms. The van der Waals surface area contributed by atoms with Crippen molar-refractivity contribution in [3.8, 4) is 0 Å². The van der Waals surface area contributed by atoms with E-state index in [1.807, 2.05) is 36.5 Å². The second kappa shape index (κ2) is 9.17. The third-order valence-corrected chi connectivity index (χ3v) is 2.13. The fourth-order valence-electron chi connectivity index (χ4n) is 0.507. The summed E-state index contributed by atoms with van der Waals surface area (Å²) in [6, 6.07) is 0. The minimum absolute atomic E-state index is 1.03. The summed E-state index contributed by atoms with van der Waals surface area (Å²) < 4.78 is 4.14. The van der Waals surface area contributed by atoms with Crippen LogP contribution in [-0.4, -0.2) is 8.80 Å². The summed E-state index contributed by atoms with van der Waals surface area (Å²) >= 11 is 2.93. The summed E-state index contributed by atoms with van der Waals surface area (Å²) in [4.78, 5) is 0. The van der Waals surface area contributed by atoms with E-state index in [4.69, 9.17) is 0 Å². The van der Waals surface area contributed by atoms with E-state index in [2.05, 4.69) is 15.4 Å². The molecule has 0 aromatic carbocycles. The Hall–Kier alpha value is 0.0766. The minimum atomic E-state index is 1.03. The van der Waals surface area contributed by atoms with E-state index in [0.29, 0.717) is 0 Å². The van der Waals surface area contributed by atoms with E-state index in [-0.39, 0.29) is 0 Å². The van der Waals surface area contributed by atoms with Crippen LogP contribution < -0.4 is 0 Å². The Morgan fingerprint density at radius 1 is 0.833 bits per heavy atom. The Balaban J connectivity index is 3.91. The van der Waals surface area contributed by atoms with Gasteiger partial charge < -0.3 is 0 Å². The molecule has 0 atom stereocenters. The van der Waals surface area contributed by atoms with Crippen molar-refractivity contribution >= 4 is 8.80 Å². The van der Waals surface area contributed by atoms with E-state index < -0.39 is 0 Å². The zero-order valence-corrected chi connectivity index (χ0v) is 12.5. The van der Waals surface area contributed by atoms with Gasteiger partial charge in [0.05, 0.1) is 0 Å². The molecular weight excluding hydrogens is 488 g/mol. The van der Waals surface area contributed by atoms with Crippen LogP contribution in [0.25, 0.3) is 0 Å². The summed E-state index contributed by atoms with van der Waals surface area (Å²) in [6.07, 6.45) is 12.0. The molecular formula is C10H10W2. The molecule has 0 saturated carbocycles. The first kappa shape index (κ1) is 12.1. The van der Waals surface area contributed by atoms with Crippen LogP contribution in [0.5, 0.6) is 0 Å². The molecule has 0 bridgehead atoms. The molecule has 0 heterocycles. The van der Waals surface area contributed by atoms with Crippen molar-refractivity contribution in [3.05, 3.63) is 48.6 Å². The van der Waals surface area contributed by atoms with E-state index in [0.717, 1.165) is 5.57 Å². The Morgan fingerprint density at radius 2 is 1.42 bits per heavy atom. The molecule has 0 radical (unpaired) electrons. The Kier molecular flexibility index (Phi) is 9.23. The number of rotatable bonds is 5. The summed E-state index contributed by atoms with van der Waals surface area (Å²) in [5.41, 5.74) is 1.03. The average molecular weight is 498 g/mol. The third kappa shape index (κ3) is 8.18. The van der Waals surface area contributed by atoms with Gasteiger partial charge in [-0.15, -0.1) is 0 Å². The van der Waals surface area contributed by atoms with Gasteiger partial charge in [-0.1, -0.05) is 0 Å². The quantitative estimate of drug-likeness (QED) is 0.509. The van der Waals surface area contributed by atoms with E-state index in [1.165, 1.54) is 38.7 Å². The van der Waals surface area contributed by atoms with Crippen molar-refractivity contribution in [1.82, 2.24) is 0 Å². The maximum absolute atomic E-state index is 3.87. The molecule has 0 amide bonds. The van der Waals surface area contributed by atoms with Crippen molar-refractivity contribution in [2.75, 3.05) is 0 Å². The van der Waals surface area contributed by atoms with Gasteiger partial charge >= 0.3 is 96.1 Å². The zero-order chi connectivity index (χ0) is 9.23. The molecule has 0 unspecified atom stereocenters. The Morgan fingerprint density at radius 3 is 2.00 bits per heavy atom. The van der Waals surface area contributed by atoms with Crippen LogP contribution >= 0.6 is 0 Å². The van der Waals surface area contributed by atoms with Crippen LogP contribution in [0.15, 0.2) is 48.6 Å². The molecule has 0 rings (SSSR count). The summed E-state index contributed by atoms with van der Waals surface area (Å²) in [7, 11) is 0. The van der Waals surface area contributed by atoms with Gasteiger partial charge in [-0.3, -0.25) is 0 Å². The van der Waals surface area contributed by atoms with Crippen LogP contribution in [0, 0.1) is 0 Å². The van der Waals surface area contributed by atoms with Crippen LogP contribution in [0.1, 0.15) is 0 Å². The molecule has 0 spiro atoms. The van der Waals surface area contributed by atoms with Crippen LogP contribution in [0.2, 0.25) is 0 Å². The van der Waals surface area contributed by atoms with Gasteiger partial charge in [0.15, 0.2) is 0 Å². The second-order valence-corrected chi connectivity index (χ2v) is 3.91. The van der Waals surface area contributed by atoms with E-state index >= 15 is 0 Å². The van der Waals surface area contributed by atoms with Crippen LogP contribution in [0.4, 0.5) is 0 Å². The molecule has 0 aromatic heterocycles. The molecule has 0 aliphatic rings. The van der Waals surface area contributed by atoms with Gasteiger partial charge in [0.2, 0.25) is 0 Å². The summed E-state index contributed by atoms with van der Waals surface area (Å²) in [5.74, 6) is 0. The maximum atomic E-state index is 3.87. The average Bonchev–Trinajstić information content (AvgIpc) is 2.09. The number of hydrogen-bond donors (Lipinski definition) is 0. The van der Waals surface area contributed by atoms with Gasteiger partial charge in [0.1, 0.15) is 0 Å². The first-order valence-electron chi connectivity index (χ1n) is 3.40. The van der Waals surface area contributed by atoms with Crippen LogP contribution in [-0.2, 0) is 38.7 Å². The van der Waals surface area contributed by atoms with Crippen molar-refractivity contribution in [2.24, 2.45) is 0 Å². The van der Waals surface area contributed by atoms with Gasteiger partial charge in [0.25, 0.3) is 0 Å². The van der Waals surface area contributed by atoms with Crippen molar-refractivity contribution < 1.29 is 38.7 Å². The molecule has 0 saturated heterocycles. The molecule has 0 fully saturated rings. The van der Waals surface area contributed by atoms with Gasteiger partial charge in [0, 0.05) is 0 Å². The van der Waals surface area contributed by atoms with Crippen molar-refractivity contribution in [2.45, 2.75) is 0 Å². The SMILES string of the molecule is C=C(C=C/C=C\[CH]=[W])/C=C\[CH]=[W]. The molecule has 0 N–H and O–H groups in total. The molecule has 0 aliphatic heterocycles. The normalized spacial score (nSPS) is 11.3. The number of hydrogen-bond acceptors (Lipinski definition) is 0. The van der Waals surface area contributed by atoms with Crippen molar-refractivity contribution in [1.29, 1.82) is 0 Å². The summed E-state index contributed by atoms with van der Waals surface area (Å²) in [5, 5.41) is 0. The Labute approximate surface area is 95.6 Å². The summed E-state index contributed by atoms with van der Waals surface area (Å²) in [6.45, 7) is 3.87. The Bertz CT molecular complexity index is 245. The standard InChI is InChI=1S/C10H10.2W/c1-4-6-7-9-10(3)8-5-2;;/h1-2,4-9H,3H2;;/b6-4-,8-5-,9-7?;;. The zero-order valence-electron chi connectivity index (χ0n) is 6.64. The predicted molar refractivity (Wildman–Crippen MR) is 48.7 cm³/mol. The topological polar surface area (TPSA) is 0 Å². The first-order chi connectivity index (χ1) is 5.81. The fourth-order valence-corrected chi connectivity index (χ4v) is 1.12. The van der Waals surface area contributed by atoms with Gasteiger partial charge in [-0.2, -0.15) is 0 Å². The predicted octanol–water partition coefficient (Wildman–Crippen LogP) is 1.91. The first-order valence-corrected chi connectivity index (χ1v) is 6.79. The fraction of sp³-hybridized carbons (Fsp3) is 0. The van der Waals surface area contributed by atoms with Gasteiger partial charge in [-0.05, 0) is 0 Å². The molecule has 0 nitrogen and oxygen atoms in total. The van der Waals surface area contributed by atoms with Crippen molar-refractivity contribution in [3.63, 3.8) is 0 Å². The van der Waals surface area contributed by atoms with E-state index in [9.17, 15) is 0 Å². The monoisotopic (exact) mass is 498 g/mol.